The van der Waals surface area contributed by atoms with Gasteiger partial charge in [0, 0.05) is 24.7 Å². The van der Waals surface area contributed by atoms with Gasteiger partial charge in [-0.05, 0) is 46.6 Å². The van der Waals surface area contributed by atoms with E-state index in [1.165, 1.54) is 38.6 Å². The van der Waals surface area contributed by atoms with E-state index in [9.17, 15) is 0 Å². The fraction of sp³-hybridized carbons (Fsp3) is 1.00. The van der Waals surface area contributed by atoms with Crippen molar-refractivity contribution in [3.63, 3.8) is 0 Å². The molecule has 0 saturated carbocycles. The highest BCUT2D eigenvalue weighted by Crippen LogP contribution is 2.18. The van der Waals surface area contributed by atoms with Gasteiger partial charge in [0.05, 0.1) is 0 Å². The van der Waals surface area contributed by atoms with Gasteiger partial charge in [0.25, 0.3) is 0 Å². The lowest BCUT2D eigenvalue weighted by molar-refractivity contribution is 0.152. The number of nitrogens with one attached hydrogen (secondary N) is 1. The van der Waals surface area contributed by atoms with Gasteiger partial charge in [0.2, 0.25) is 0 Å². The zero-order chi connectivity index (χ0) is 12.0. The van der Waals surface area contributed by atoms with Crippen LogP contribution in [0.1, 0.15) is 59.8 Å². The Morgan fingerprint density at radius 1 is 1.25 bits per heavy atom. The first-order valence-corrected chi connectivity index (χ1v) is 7.14. The molecule has 1 aliphatic rings. The third-order valence-corrected chi connectivity index (χ3v) is 4.04. The zero-order valence-electron chi connectivity index (χ0n) is 11.6. The minimum Gasteiger partial charge on any atom is -0.313 e. The molecule has 0 bridgehead atoms. The Kier molecular flexibility index (Phi) is 6.37. The summed E-state index contributed by atoms with van der Waals surface area (Å²) in [5.41, 5.74) is 0. The second-order valence-corrected chi connectivity index (χ2v) is 5.50. The lowest BCUT2D eigenvalue weighted by atomic mass is 10.1. The molecule has 0 radical (unpaired) electrons. The quantitative estimate of drug-likeness (QED) is 0.775. The molecular weight excluding hydrogens is 196 g/mol. The van der Waals surface area contributed by atoms with Crippen molar-refractivity contribution >= 4 is 0 Å². The summed E-state index contributed by atoms with van der Waals surface area (Å²) < 4.78 is 0. The number of likely N-dealkylation sites (tertiary alicyclic amines) is 1. The van der Waals surface area contributed by atoms with Gasteiger partial charge >= 0.3 is 0 Å². The molecule has 1 rings (SSSR count). The Hall–Kier alpha value is -0.0800. The van der Waals surface area contributed by atoms with Crippen LogP contribution < -0.4 is 5.32 Å². The van der Waals surface area contributed by atoms with Crippen LogP contribution in [0, 0.1) is 0 Å². The van der Waals surface area contributed by atoms with Gasteiger partial charge in [-0.3, -0.25) is 4.90 Å². The van der Waals surface area contributed by atoms with Crippen molar-refractivity contribution in [3.05, 3.63) is 0 Å². The molecule has 0 aliphatic carbocycles. The van der Waals surface area contributed by atoms with Gasteiger partial charge in [-0.25, -0.2) is 0 Å². The molecule has 2 nitrogen and oxygen atoms in total. The Morgan fingerprint density at radius 3 is 2.69 bits per heavy atom. The zero-order valence-corrected chi connectivity index (χ0v) is 11.6. The van der Waals surface area contributed by atoms with Gasteiger partial charge < -0.3 is 5.32 Å². The highest BCUT2D eigenvalue weighted by atomic mass is 15.2. The van der Waals surface area contributed by atoms with Gasteiger partial charge in [-0.1, -0.05) is 19.8 Å². The summed E-state index contributed by atoms with van der Waals surface area (Å²) in [6.07, 6.45) is 6.84. The van der Waals surface area contributed by atoms with E-state index in [-0.39, 0.29) is 0 Å². The minimum absolute atomic E-state index is 0.657. The summed E-state index contributed by atoms with van der Waals surface area (Å²) in [6, 6.07) is 2.11. The van der Waals surface area contributed by atoms with E-state index in [0.29, 0.717) is 12.1 Å². The van der Waals surface area contributed by atoms with E-state index < -0.39 is 0 Å². The fourth-order valence-corrected chi connectivity index (χ4v) is 2.59. The maximum absolute atomic E-state index is 3.63. The fourth-order valence-electron chi connectivity index (χ4n) is 2.59. The average molecular weight is 226 g/mol. The number of hydrogen-bond acceptors (Lipinski definition) is 2. The van der Waals surface area contributed by atoms with Crippen molar-refractivity contribution in [2.75, 3.05) is 13.1 Å². The summed E-state index contributed by atoms with van der Waals surface area (Å²) in [7, 11) is 0. The predicted molar refractivity (Wildman–Crippen MR) is 71.9 cm³/mol. The second-order valence-electron chi connectivity index (χ2n) is 5.50. The third-order valence-electron chi connectivity index (χ3n) is 4.04. The molecular formula is C14H30N2. The lowest BCUT2D eigenvalue weighted by Gasteiger charge is -2.34. The van der Waals surface area contributed by atoms with Crippen LogP contribution >= 0.6 is 0 Å². The van der Waals surface area contributed by atoms with Crippen LogP contribution in [-0.4, -0.2) is 36.1 Å². The number of nitrogens with zero attached hydrogens (tertiary/aromatic N) is 1. The van der Waals surface area contributed by atoms with Crippen LogP contribution in [0.5, 0.6) is 0 Å². The maximum atomic E-state index is 3.63. The Balaban J connectivity index is 2.35. The number of rotatable bonds is 5. The molecule has 2 heteroatoms. The molecule has 16 heavy (non-hydrogen) atoms. The molecule has 0 spiro atoms. The molecule has 1 heterocycles. The number of hydrogen-bond donors (Lipinski definition) is 1. The first-order valence-electron chi connectivity index (χ1n) is 7.14. The maximum Gasteiger partial charge on any atom is 0.0195 e. The van der Waals surface area contributed by atoms with Crippen LogP contribution in [0.4, 0.5) is 0 Å². The van der Waals surface area contributed by atoms with Crippen LogP contribution in [0.25, 0.3) is 0 Å². The first-order chi connectivity index (χ1) is 7.65. The Morgan fingerprint density at radius 2 is 2.00 bits per heavy atom. The summed E-state index contributed by atoms with van der Waals surface area (Å²) in [4.78, 5) is 2.70. The molecule has 96 valence electrons. The van der Waals surface area contributed by atoms with E-state index >= 15 is 0 Å². The van der Waals surface area contributed by atoms with Crippen molar-refractivity contribution in [2.24, 2.45) is 0 Å². The Labute approximate surface area is 102 Å². The summed E-state index contributed by atoms with van der Waals surface area (Å²) in [5.74, 6) is 0. The molecule has 0 aromatic rings. The van der Waals surface area contributed by atoms with Gasteiger partial charge in [-0.2, -0.15) is 0 Å². The first kappa shape index (κ1) is 14.0. The molecule has 0 amide bonds. The van der Waals surface area contributed by atoms with Gasteiger partial charge in [0.1, 0.15) is 0 Å². The van der Waals surface area contributed by atoms with Crippen LogP contribution in [-0.2, 0) is 0 Å². The van der Waals surface area contributed by atoms with Gasteiger partial charge in [-0.15, -0.1) is 0 Å². The molecule has 1 fully saturated rings. The third kappa shape index (κ3) is 4.42. The normalized spacial score (nSPS) is 27.4. The molecule has 1 aliphatic heterocycles. The van der Waals surface area contributed by atoms with Crippen LogP contribution in [0.15, 0.2) is 0 Å². The highest BCUT2D eigenvalue weighted by Gasteiger charge is 2.21. The predicted octanol–water partition coefficient (Wildman–Crippen LogP) is 3.03. The molecule has 1 N–H and O–H groups in total. The topological polar surface area (TPSA) is 15.3 Å². The standard InChI is InChI=1S/C14H30N2/c1-5-12(2)15-11-14(4)16-10-8-6-7-9-13(16)3/h12-15H,5-11H2,1-4H3. The monoisotopic (exact) mass is 226 g/mol. The largest absolute Gasteiger partial charge is 0.313 e. The minimum atomic E-state index is 0.657. The van der Waals surface area contributed by atoms with Crippen molar-refractivity contribution in [2.45, 2.75) is 77.9 Å². The van der Waals surface area contributed by atoms with Gasteiger partial charge in [0.15, 0.2) is 0 Å². The lowest BCUT2D eigenvalue weighted by Crippen LogP contribution is -2.46. The summed E-state index contributed by atoms with van der Waals surface area (Å²) in [5, 5.41) is 3.63. The molecule has 0 aromatic carbocycles. The highest BCUT2D eigenvalue weighted by molar-refractivity contribution is 4.78. The second kappa shape index (κ2) is 7.29. The summed E-state index contributed by atoms with van der Waals surface area (Å²) in [6.45, 7) is 11.7. The van der Waals surface area contributed by atoms with E-state index in [0.717, 1.165) is 12.6 Å². The van der Waals surface area contributed by atoms with E-state index in [1.807, 2.05) is 0 Å². The SMILES string of the molecule is CCC(C)NCC(C)N1CCCCCC1C. The average Bonchev–Trinajstić information content (AvgIpc) is 2.50. The van der Waals surface area contributed by atoms with Crippen molar-refractivity contribution < 1.29 is 0 Å². The molecule has 3 atom stereocenters. The Bertz CT molecular complexity index is 182. The van der Waals surface area contributed by atoms with E-state index in [4.69, 9.17) is 0 Å². The van der Waals surface area contributed by atoms with Crippen molar-refractivity contribution in [1.29, 1.82) is 0 Å². The van der Waals surface area contributed by atoms with Crippen molar-refractivity contribution in [3.8, 4) is 0 Å². The van der Waals surface area contributed by atoms with E-state index in [1.54, 1.807) is 0 Å². The smallest absolute Gasteiger partial charge is 0.0195 e. The van der Waals surface area contributed by atoms with Crippen LogP contribution in [0.3, 0.4) is 0 Å². The molecule has 3 unspecified atom stereocenters. The van der Waals surface area contributed by atoms with Crippen molar-refractivity contribution in [1.82, 2.24) is 10.2 Å². The molecule has 0 aromatic heterocycles. The molecule has 1 saturated heterocycles. The summed E-state index contributed by atoms with van der Waals surface area (Å²) >= 11 is 0. The van der Waals surface area contributed by atoms with E-state index in [2.05, 4.69) is 37.9 Å². The van der Waals surface area contributed by atoms with Crippen LogP contribution in [0.2, 0.25) is 0 Å².